The number of rotatable bonds is 3. The van der Waals surface area contributed by atoms with Crippen molar-refractivity contribution in [1.29, 1.82) is 0 Å². The Kier molecular flexibility index (Phi) is 3.91. The summed E-state index contributed by atoms with van der Waals surface area (Å²) in [6.45, 7) is 5.15. The first kappa shape index (κ1) is 15.3. The van der Waals surface area contributed by atoms with Crippen molar-refractivity contribution in [2.45, 2.75) is 25.7 Å². The Hall–Kier alpha value is -2.08. The van der Waals surface area contributed by atoms with Crippen molar-refractivity contribution >= 4 is 21.4 Å². The summed E-state index contributed by atoms with van der Waals surface area (Å²) in [5.74, 6) is -0.597. The SMILES string of the molecule is Cc1ccc(C)c(NS(=O)(=O)c2cc(C)c(F)c(N)c2)c1. The van der Waals surface area contributed by atoms with Crippen LogP contribution in [0.15, 0.2) is 35.2 Å². The standard InChI is InChI=1S/C15H17FN2O2S/c1-9-4-5-10(2)14(6-9)18-21(19,20)12-7-11(3)15(16)13(17)8-12/h4-8,18H,17H2,1-3H3. The van der Waals surface area contributed by atoms with Gasteiger partial charge in [-0.3, -0.25) is 4.72 Å². The Morgan fingerprint density at radius 2 is 1.71 bits per heavy atom. The van der Waals surface area contributed by atoms with Crippen LogP contribution >= 0.6 is 0 Å². The number of halogens is 1. The van der Waals surface area contributed by atoms with E-state index in [1.807, 2.05) is 26.0 Å². The van der Waals surface area contributed by atoms with Crippen LogP contribution in [0.4, 0.5) is 15.8 Å². The third-order valence-electron chi connectivity index (χ3n) is 3.20. The molecule has 0 atom stereocenters. The molecule has 0 aliphatic heterocycles. The largest absolute Gasteiger partial charge is 0.396 e. The Bertz CT molecular complexity index is 778. The van der Waals surface area contributed by atoms with Gasteiger partial charge in [0.25, 0.3) is 10.0 Å². The number of sulfonamides is 1. The highest BCUT2D eigenvalue weighted by molar-refractivity contribution is 7.92. The molecule has 112 valence electrons. The molecule has 6 heteroatoms. The average molecular weight is 308 g/mol. The van der Waals surface area contributed by atoms with Crippen LogP contribution < -0.4 is 10.5 Å². The van der Waals surface area contributed by atoms with Crippen LogP contribution in [0.3, 0.4) is 0 Å². The molecule has 0 amide bonds. The van der Waals surface area contributed by atoms with Gasteiger partial charge in [0.05, 0.1) is 16.3 Å². The molecule has 0 bridgehead atoms. The number of hydrogen-bond acceptors (Lipinski definition) is 3. The second-order valence-electron chi connectivity index (χ2n) is 5.07. The summed E-state index contributed by atoms with van der Waals surface area (Å²) in [5, 5.41) is 0. The van der Waals surface area contributed by atoms with Crippen molar-refractivity contribution in [3.8, 4) is 0 Å². The summed E-state index contributed by atoms with van der Waals surface area (Å²) >= 11 is 0. The number of aryl methyl sites for hydroxylation is 3. The molecule has 0 saturated carbocycles. The van der Waals surface area contributed by atoms with Gasteiger partial charge in [-0.05, 0) is 55.7 Å². The number of nitrogens with one attached hydrogen (secondary N) is 1. The van der Waals surface area contributed by atoms with Gasteiger partial charge in [-0.15, -0.1) is 0 Å². The van der Waals surface area contributed by atoms with Crippen LogP contribution in [0.5, 0.6) is 0 Å². The molecule has 0 aliphatic carbocycles. The van der Waals surface area contributed by atoms with Gasteiger partial charge < -0.3 is 5.73 Å². The first-order chi connectivity index (χ1) is 9.70. The smallest absolute Gasteiger partial charge is 0.261 e. The van der Waals surface area contributed by atoms with Gasteiger partial charge in [-0.25, -0.2) is 12.8 Å². The van der Waals surface area contributed by atoms with E-state index < -0.39 is 15.8 Å². The summed E-state index contributed by atoms with van der Waals surface area (Å²) < 4.78 is 40.8. The van der Waals surface area contributed by atoms with Crippen molar-refractivity contribution in [3.05, 3.63) is 52.8 Å². The van der Waals surface area contributed by atoms with E-state index in [2.05, 4.69) is 4.72 Å². The lowest BCUT2D eigenvalue weighted by atomic mass is 10.1. The zero-order valence-electron chi connectivity index (χ0n) is 12.1. The monoisotopic (exact) mass is 308 g/mol. The second kappa shape index (κ2) is 5.37. The van der Waals surface area contributed by atoms with Gasteiger partial charge in [0, 0.05) is 0 Å². The number of nitrogen functional groups attached to an aromatic ring is 1. The highest BCUT2D eigenvalue weighted by Crippen LogP contribution is 2.24. The Balaban J connectivity index is 2.46. The molecule has 3 N–H and O–H groups in total. The first-order valence-corrected chi connectivity index (χ1v) is 7.85. The predicted molar refractivity (Wildman–Crippen MR) is 82.3 cm³/mol. The Morgan fingerprint density at radius 1 is 1.05 bits per heavy atom. The summed E-state index contributed by atoms with van der Waals surface area (Å²) in [6, 6.07) is 7.85. The zero-order valence-corrected chi connectivity index (χ0v) is 12.9. The van der Waals surface area contributed by atoms with Crippen LogP contribution in [-0.2, 0) is 10.0 Å². The third kappa shape index (κ3) is 3.16. The van der Waals surface area contributed by atoms with Crippen LogP contribution in [-0.4, -0.2) is 8.42 Å². The van der Waals surface area contributed by atoms with Gasteiger partial charge >= 0.3 is 0 Å². The maximum absolute atomic E-state index is 13.5. The van der Waals surface area contributed by atoms with E-state index >= 15 is 0 Å². The van der Waals surface area contributed by atoms with E-state index in [1.54, 1.807) is 6.07 Å². The van der Waals surface area contributed by atoms with Gasteiger partial charge in [-0.1, -0.05) is 12.1 Å². The molecule has 2 aromatic rings. The van der Waals surface area contributed by atoms with Crippen molar-refractivity contribution in [2.24, 2.45) is 0 Å². The van der Waals surface area contributed by atoms with Gasteiger partial charge in [0.1, 0.15) is 5.82 Å². The summed E-state index contributed by atoms with van der Waals surface area (Å²) in [4.78, 5) is -0.0557. The molecule has 0 aliphatic rings. The van der Waals surface area contributed by atoms with Crippen LogP contribution in [0, 0.1) is 26.6 Å². The fraction of sp³-hybridized carbons (Fsp3) is 0.200. The number of benzene rings is 2. The fourth-order valence-electron chi connectivity index (χ4n) is 1.97. The molecule has 2 aromatic carbocycles. The van der Waals surface area contributed by atoms with Crippen molar-refractivity contribution in [2.75, 3.05) is 10.5 Å². The van der Waals surface area contributed by atoms with Gasteiger partial charge in [-0.2, -0.15) is 0 Å². The van der Waals surface area contributed by atoms with Crippen LogP contribution in [0.1, 0.15) is 16.7 Å². The third-order valence-corrected chi connectivity index (χ3v) is 4.55. The topological polar surface area (TPSA) is 72.2 Å². The van der Waals surface area contributed by atoms with E-state index in [9.17, 15) is 12.8 Å². The molecular formula is C15H17FN2O2S. The maximum Gasteiger partial charge on any atom is 0.261 e. The molecule has 2 rings (SSSR count). The molecular weight excluding hydrogens is 291 g/mol. The van der Waals surface area contributed by atoms with E-state index in [-0.39, 0.29) is 16.1 Å². The summed E-state index contributed by atoms with van der Waals surface area (Å²) in [5.41, 5.74) is 7.74. The average Bonchev–Trinajstić information content (AvgIpc) is 2.39. The predicted octanol–water partition coefficient (Wildman–Crippen LogP) is 3.13. The quantitative estimate of drug-likeness (QED) is 0.856. The molecule has 0 heterocycles. The van der Waals surface area contributed by atoms with E-state index in [1.165, 1.54) is 13.0 Å². The van der Waals surface area contributed by atoms with Crippen molar-refractivity contribution in [3.63, 3.8) is 0 Å². The number of anilines is 2. The molecule has 4 nitrogen and oxygen atoms in total. The minimum absolute atomic E-state index is 0.0557. The number of nitrogens with two attached hydrogens (primary N) is 1. The maximum atomic E-state index is 13.5. The highest BCUT2D eigenvalue weighted by Gasteiger charge is 2.18. The molecule has 0 aromatic heterocycles. The molecule has 0 saturated heterocycles. The van der Waals surface area contributed by atoms with E-state index in [0.717, 1.165) is 17.2 Å². The summed E-state index contributed by atoms with van der Waals surface area (Å²) in [6.07, 6.45) is 0. The fourth-order valence-corrected chi connectivity index (χ4v) is 3.21. The van der Waals surface area contributed by atoms with Crippen molar-refractivity contribution < 1.29 is 12.8 Å². The first-order valence-electron chi connectivity index (χ1n) is 6.36. The number of hydrogen-bond donors (Lipinski definition) is 2. The minimum atomic E-state index is -3.81. The van der Waals surface area contributed by atoms with Gasteiger partial charge in [0.2, 0.25) is 0 Å². The second-order valence-corrected chi connectivity index (χ2v) is 6.75. The highest BCUT2D eigenvalue weighted by atomic mass is 32.2. The normalized spacial score (nSPS) is 11.4. The molecule has 21 heavy (non-hydrogen) atoms. The molecule has 0 unspecified atom stereocenters. The lowest BCUT2D eigenvalue weighted by molar-refractivity contribution is 0.599. The zero-order chi connectivity index (χ0) is 15.8. The Morgan fingerprint density at radius 3 is 2.33 bits per heavy atom. The van der Waals surface area contributed by atoms with Crippen LogP contribution in [0.25, 0.3) is 0 Å². The molecule has 0 radical (unpaired) electrons. The van der Waals surface area contributed by atoms with Crippen LogP contribution in [0.2, 0.25) is 0 Å². The lowest BCUT2D eigenvalue weighted by Crippen LogP contribution is -2.15. The van der Waals surface area contributed by atoms with Crippen molar-refractivity contribution in [1.82, 2.24) is 0 Å². The Labute approximate surface area is 123 Å². The molecule has 0 fully saturated rings. The lowest BCUT2D eigenvalue weighted by Gasteiger charge is -2.12. The van der Waals surface area contributed by atoms with E-state index in [0.29, 0.717) is 5.69 Å². The minimum Gasteiger partial charge on any atom is -0.396 e. The van der Waals surface area contributed by atoms with Gasteiger partial charge in [0.15, 0.2) is 0 Å². The molecule has 0 spiro atoms. The van der Waals surface area contributed by atoms with E-state index in [4.69, 9.17) is 5.73 Å². The summed E-state index contributed by atoms with van der Waals surface area (Å²) in [7, 11) is -3.81.